The van der Waals surface area contributed by atoms with Crippen molar-refractivity contribution in [3.8, 4) is 5.75 Å². The number of halogens is 1. The Kier molecular flexibility index (Phi) is 4.67. The lowest BCUT2D eigenvalue weighted by Crippen LogP contribution is -2.20. The summed E-state index contributed by atoms with van der Waals surface area (Å²) >= 11 is 0. The first-order valence-corrected chi connectivity index (χ1v) is 5.82. The number of hydrogen-bond donors (Lipinski definition) is 1. The molecule has 0 spiro atoms. The first-order chi connectivity index (χ1) is 8.84. The van der Waals surface area contributed by atoms with Crippen LogP contribution in [0.5, 0.6) is 5.75 Å². The van der Waals surface area contributed by atoms with Gasteiger partial charge in [-0.15, -0.1) is 0 Å². The third-order valence-corrected chi connectivity index (χ3v) is 2.44. The fraction of sp³-hybridized carbons (Fsp3) is 0.214. The van der Waals surface area contributed by atoms with Crippen LogP contribution in [0.2, 0.25) is 0 Å². The van der Waals surface area contributed by atoms with Gasteiger partial charge in [0, 0.05) is 25.5 Å². The molecule has 0 unspecified atom stereocenters. The molecule has 1 aromatic heterocycles. The van der Waals surface area contributed by atoms with E-state index in [4.69, 9.17) is 4.74 Å². The van der Waals surface area contributed by atoms with E-state index < -0.39 is 0 Å². The Morgan fingerprint density at radius 1 is 1.06 bits per heavy atom. The number of ether oxygens (including phenoxy) is 1. The van der Waals surface area contributed by atoms with E-state index >= 15 is 0 Å². The number of benzene rings is 1. The van der Waals surface area contributed by atoms with Crippen molar-refractivity contribution in [1.29, 1.82) is 0 Å². The van der Waals surface area contributed by atoms with Gasteiger partial charge >= 0.3 is 0 Å². The summed E-state index contributed by atoms with van der Waals surface area (Å²) < 4.78 is 18.1. The van der Waals surface area contributed by atoms with Crippen molar-refractivity contribution in [1.82, 2.24) is 10.3 Å². The van der Waals surface area contributed by atoms with E-state index in [0.717, 1.165) is 13.1 Å². The quantitative estimate of drug-likeness (QED) is 0.795. The number of aromatic nitrogens is 1. The minimum atomic E-state index is -0.252. The average Bonchev–Trinajstić information content (AvgIpc) is 2.42. The van der Waals surface area contributed by atoms with E-state index in [9.17, 15) is 4.39 Å². The van der Waals surface area contributed by atoms with Gasteiger partial charge in [0.05, 0.1) is 0 Å². The van der Waals surface area contributed by atoms with Crippen LogP contribution in [0.4, 0.5) is 4.39 Å². The zero-order valence-electron chi connectivity index (χ0n) is 9.97. The molecular formula is C14H15FN2O. The second kappa shape index (κ2) is 6.71. The van der Waals surface area contributed by atoms with E-state index in [1.54, 1.807) is 24.5 Å². The summed E-state index contributed by atoms with van der Waals surface area (Å²) in [6.07, 6.45) is 3.54. The smallest absolute Gasteiger partial charge is 0.123 e. The maximum atomic E-state index is 12.6. The number of rotatable bonds is 6. The van der Waals surface area contributed by atoms with Crippen LogP contribution in [-0.2, 0) is 6.54 Å². The van der Waals surface area contributed by atoms with Crippen LogP contribution < -0.4 is 10.1 Å². The summed E-state index contributed by atoms with van der Waals surface area (Å²) in [5, 5.41) is 3.26. The highest BCUT2D eigenvalue weighted by molar-refractivity contribution is 5.21. The molecule has 4 heteroatoms. The molecule has 0 saturated heterocycles. The molecule has 0 radical (unpaired) electrons. The van der Waals surface area contributed by atoms with Gasteiger partial charge in [-0.05, 0) is 42.0 Å². The fourth-order valence-corrected chi connectivity index (χ4v) is 1.51. The minimum Gasteiger partial charge on any atom is -0.492 e. The van der Waals surface area contributed by atoms with Crippen molar-refractivity contribution >= 4 is 0 Å². The SMILES string of the molecule is Fc1ccc(OCCNCc2ccncc2)cc1. The largest absolute Gasteiger partial charge is 0.492 e. The van der Waals surface area contributed by atoms with E-state index in [0.29, 0.717) is 12.4 Å². The van der Waals surface area contributed by atoms with Gasteiger partial charge in [-0.3, -0.25) is 4.98 Å². The van der Waals surface area contributed by atoms with E-state index in [1.165, 1.54) is 17.7 Å². The van der Waals surface area contributed by atoms with Crippen LogP contribution in [0, 0.1) is 5.82 Å². The molecule has 0 aliphatic heterocycles. The molecule has 3 nitrogen and oxygen atoms in total. The van der Waals surface area contributed by atoms with Crippen LogP contribution in [0.1, 0.15) is 5.56 Å². The summed E-state index contributed by atoms with van der Waals surface area (Å²) in [6, 6.07) is 9.96. The highest BCUT2D eigenvalue weighted by atomic mass is 19.1. The molecule has 1 aromatic carbocycles. The predicted molar refractivity (Wildman–Crippen MR) is 67.8 cm³/mol. The van der Waals surface area contributed by atoms with Gasteiger partial charge in [0.1, 0.15) is 18.2 Å². The van der Waals surface area contributed by atoms with Gasteiger partial charge in [-0.25, -0.2) is 4.39 Å². The maximum Gasteiger partial charge on any atom is 0.123 e. The van der Waals surface area contributed by atoms with Crippen LogP contribution in [0.3, 0.4) is 0 Å². The maximum absolute atomic E-state index is 12.6. The Balaban J connectivity index is 1.63. The van der Waals surface area contributed by atoms with Crippen molar-refractivity contribution in [2.75, 3.05) is 13.2 Å². The third kappa shape index (κ3) is 4.14. The monoisotopic (exact) mass is 246 g/mol. The summed E-state index contributed by atoms with van der Waals surface area (Å²) in [4.78, 5) is 3.95. The van der Waals surface area contributed by atoms with Gasteiger partial charge in [0.25, 0.3) is 0 Å². The lowest BCUT2D eigenvalue weighted by molar-refractivity contribution is 0.313. The Bertz CT molecular complexity index is 459. The molecule has 0 aliphatic carbocycles. The third-order valence-electron chi connectivity index (χ3n) is 2.44. The second-order valence-electron chi connectivity index (χ2n) is 3.83. The Hall–Kier alpha value is -1.94. The summed E-state index contributed by atoms with van der Waals surface area (Å²) in [5.74, 6) is 0.431. The minimum absolute atomic E-state index is 0.252. The zero-order valence-corrected chi connectivity index (χ0v) is 9.97. The molecule has 0 fully saturated rings. The molecule has 2 rings (SSSR count). The molecular weight excluding hydrogens is 231 g/mol. The number of pyridine rings is 1. The number of nitrogens with one attached hydrogen (secondary N) is 1. The van der Waals surface area contributed by atoms with E-state index in [1.807, 2.05) is 12.1 Å². The topological polar surface area (TPSA) is 34.1 Å². The van der Waals surface area contributed by atoms with Gasteiger partial charge in [0.2, 0.25) is 0 Å². The molecule has 18 heavy (non-hydrogen) atoms. The molecule has 0 bridgehead atoms. The number of nitrogens with zero attached hydrogens (tertiary/aromatic N) is 1. The van der Waals surface area contributed by atoms with Crippen LogP contribution in [-0.4, -0.2) is 18.1 Å². The molecule has 2 aromatic rings. The average molecular weight is 246 g/mol. The van der Waals surface area contributed by atoms with Gasteiger partial charge < -0.3 is 10.1 Å². The van der Waals surface area contributed by atoms with Crippen molar-refractivity contribution < 1.29 is 9.13 Å². The van der Waals surface area contributed by atoms with Crippen molar-refractivity contribution in [3.63, 3.8) is 0 Å². The zero-order chi connectivity index (χ0) is 12.6. The van der Waals surface area contributed by atoms with Crippen LogP contribution in [0.25, 0.3) is 0 Å². The Morgan fingerprint density at radius 3 is 2.50 bits per heavy atom. The first-order valence-electron chi connectivity index (χ1n) is 5.82. The molecule has 0 amide bonds. The van der Waals surface area contributed by atoms with Crippen LogP contribution >= 0.6 is 0 Å². The van der Waals surface area contributed by atoms with E-state index in [2.05, 4.69) is 10.3 Å². The van der Waals surface area contributed by atoms with Gasteiger partial charge in [-0.1, -0.05) is 0 Å². The van der Waals surface area contributed by atoms with Crippen molar-refractivity contribution in [2.24, 2.45) is 0 Å². The van der Waals surface area contributed by atoms with Gasteiger partial charge in [0.15, 0.2) is 0 Å². The Labute approximate surface area is 106 Å². The number of hydrogen-bond acceptors (Lipinski definition) is 3. The molecule has 1 N–H and O–H groups in total. The lowest BCUT2D eigenvalue weighted by Gasteiger charge is -2.07. The predicted octanol–water partition coefficient (Wildman–Crippen LogP) is 2.39. The summed E-state index contributed by atoms with van der Waals surface area (Å²) in [7, 11) is 0. The van der Waals surface area contributed by atoms with E-state index in [-0.39, 0.29) is 5.82 Å². The molecule has 0 aliphatic rings. The normalized spacial score (nSPS) is 10.3. The van der Waals surface area contributed by atoms with Crippen molar-refractivity contribution in [3.05, 3.63) is 60.2 Å². The molecule has 0 saturated carbocycles. The summed E-state index contributed by atoms with van der Waals surface area (Å²) in [5.41, 5.74) is 1.19. The molecule has 1 heterocycles. The highest BCUT2D eigenvalue weighted by Crippen LogP contribution is 2.10. The second-order valence-corrected chi connectivity index (χ2v) is 3.83. The molecule has 94 valence electrons. The fourth-order valence-electron chi connectivity index (χ4n) is 1.51. The Morgan fingerprint density at radius 2 is 1.78 bits per heavy atom. The van der Waals surface area contributed by atoms with Crippen molar-refractivity contribution in [2.45, 2.75) is 6.54 Å². The highest BCUT2D eigenvalue weighted by Gasteiger charge is 1.95. The standard InChI is InChI=1S/C14H15FN2O/c15-13-1-3-14(4-2-13)18-10-9-17-11-12-5-7-16-8-6-12/h1-8,17H,9-11H2. The first kappa shape index (κ1) is 12.5. The summed E-state index contributed by atoms with van der Waals surface area (Å²) in [6.45, 7) is 2.08. The van der Waals surface area contributed by atoms with Gasteiger partial charge in [-0.2, -0.15) is 0 Å². The van der Waals surface area contributed by atoms with Crippen LogP contribution in [0.15, 0.2) is 48.8 Å². The molecule has 0 atom stereocenters. The lowest BCUT2D eigenvalue weighted by atomic mass is 10.3.